The number of carbonyl (C=O) groups is 1. The van der Waals surface area contributed by atoms with Gasteiger partial charge in [-0.25, -0.2) is 8.42 Å². The van der Waals surface area contributed by atoms with Crippen molar-refractivity contribution < 1.29 is 13.2 Å². The lowest BCUT2D eigenvalue weighted by molar-refractivity contribution is 0.0935. The third kappa shape index (κ3) is 4.19. The molecule has 1 aliphatic heterocycles. The van der Waals surface area contributed by atoms with Crippen LogP contribution in [-0.2, 0) is 9.84 Å². The fourth-order valence-corrected chi connectivity index (χ4v) is 4.70. The number of anilines is 2. The Morgan fingerprint density at radius 2 is 2.08 bits per heavy atom. The van der Waals surface area contributed by atoms with Gasteiger partial charge >= 0.3 is 0 Å². The van der Waals surface area contributed by atoms with E-state index in [0.717, 1.165) is 11.3 Å². The molecule has 0 saturated carbocycles. The Kier molecular flexibility index (Phi) is 5.22. The van der Waals surface area contributed by atoms with E-state index in [1.54, 1.807) is 12.1 Å². The Morgan fingerprint density at radius 3 is 2.65 bits per heavy atom. The highest BCUT2D eigenvalue weighted by molar-refractivity contribution is 7.91. The summed E-state index contributed by atoms with van der Waals surface area (Å²) in [5.41, 5.74) is 2.34. The predicted octanol–water partition coefficient (Wildman–Crippen LogP) is 1.86. The van der Waals surface area contributed by atoms with E-state index in [0.29, 0.717) is 18.8 Å². The van der Waals surface area contributed by atoms with Crippen molar-refractivity contribution in [3.8, 4) is 0 Å². The minimum Gasteiger partial charge on any atom is -0.347 e. The highest BCUT2D eigenvalue weighted by atomic mass is 32.2. The van der Waals surface area contributed by atoms with Gasteiger partial charge in [0.2, 0.25) is 0 Å². The molecule has 0 bridgehead atoms. The summed E-state index contributed by atoms with van der Waals surface area (Å²) in [7, 11) is -3.04. The molecule has 8 heteroatoms. The fraction of sp³-hybridized carbons (Fsp3) is 0.389. The molecule has 7 nitrogen and oxygen atoms in total. The van der Waals surface area contributed by atoms with Crippen LogP contribution in [0.1, 0.15) is 29.4 Å². The van der Waals surface area contributed by atoms with Crippen LogP contribution in [0, 0.1) is 6.92 Å². The van der Waals surface area contributed by atoms with Crippen LogP contribution in [-0.4, -0.2) is 48.6 Å². The Labute approximate surface area is 153 Å². The van der Waals surface area contributed by atoms with E-state index < -0.39 is 15.7 Å². The van der Waals surface area contributed by atoms with Crippen LogP contribution in [0.25, 0.3) is 0 Å². The Bertz CT molecular complexity index is 897. The summed E-state index contributed by atoms with van der Waals surface area (Å²) in [5.74, 6) is 0.356. The van der Waals surface area contributed by atoms with Crippen molar-refractivity contribution in [2.75, 3.05) is 23.0 Å². The van der Waals surface area contributed by atoms with Crippen LogP contribution in [0.4, 0.5) is 11.5 Å². The number of aromatic nitrogens is 2. The maximum Gasteiger partial charge on any atom is 0.272 e. The number of carbonyl (C=O) groups excluding carboxylic acids is 1. The molecule has 138 valence electrons. The van der Waals surface area contributed by atoms with E-state index in [-0.39, 0.29) is 23.2 Å². The van der Waals surface area contributed by atoms with Gasteiger partial charge in [0.15, 0.2) is 21.3 Å². The molecule has 1 N–H and O–H groups in total. The SMILES string of the molecule is CCN(c1cccc(C)c1)c1ccc(C(=O)NC2CCS(=O)(=O)C2)nn1. The summed E-state index contributed by atoms with van der Waals surface area (Å²) in [6, 6.07) is 11.1. The molecular weight excluding hydrogens is 352 g/mol. The van der Waals surface area contributed by atoms with E-state index in [2.05, 4.69) is 21.6 Å². The minimum atomic E-state index is -3.04. The zero-order valence-corrected chi connectivity index (χ0v) is 15.7. The van der Waals surface area contributed by atoms with Gasteiger partial charge in [0.25, 0.3) is 5.91 Å². The summed E-state index contributed by atoms with van der Waals surface area (Å²) in [4.78, 5) is 14.3. The maximum absolute atomic E-state index is 12.3. The van der Waals surface area contributed by atoms with E-state index in [1.807, 2.05) is 36.9 Å². The lowest BCUT2D eigenvalue weighted by Gasteiger charge is -2.22. The van der Waals surface area contributed by atoms with Crippen LogP contribution >= 0.6 is 0 Å². The number of nitrogens with one attached hydrogen (secondary N) is 1. The second-order valence-electron chi connectivity index (χ2n) is 6.43. The molecule has 0 radical (unpaired) electrons. The molecule has 3 rings (SSSR count). The summed E-state index contributed by atoms with van der Waals surface area (Å²) < 4.78 is 23.0. The molecule has 0 spiro atoms. The molecule has 1 saturated heterocycles. The van der Waals surface area contributed by atoms with Crippen LogP contribution in [0.5, 0.6) is 0 Å². The second-order valence-corrected chi connectivity index (χ2v) is 8.66. The molecule has 1 unspecified atom stereocenters. The normalized spacial score (nSPS) is 18.5. The highest BCUT2D eigenvalue weighted by Crippen LogP contribution is 2.23. The van der Waals surface area contributed by atoms with Gasteiger partial charge in [-0.15, -0.1) is 10.2 Å². The average Bonchev–Trinajstić information content (AvgIpc) is 2.95. The van der Waals surface area contributed by atoms with E-state index >= 15 is 0 Å². The van der Waals surface area contributed by atoms with Crippen molar-refractivity contribution in [3.63, 3.8) is 0 Å². The van der Waals surface area contributed by atoms with Crippen LogP contribution in [0.2, 0.25) is 0 Å². The Hall–Kier alpha value is -2.48. The molecule has 1 aromatic carbocycles. The van der Waals surface area contributed by atoms with Crippen molar-refractivity contribution in [3.05, 3.63) is 47.7 Å². The Morgan fingerprint density at radius 1 is 1.27 bits per heavy atom. The number of hydrogen-bond donors (Lipinski definition) is 1. The quantitative estimate of drug-likeness (QED) is 0.859. The number of aryl methyl sites for hydroxylation is 1. The summed E-state index contributed by atoms with van der Waals surface area (Å²) in [6.45, 7) is 4.76. The molecule has 26 heavy (non-hydrogen) atoms. The van der Waals surface area contributed by atoms with Gasteiger partial charge in [-0.2, -0.15) is 0 Å². The van der Waals surface area contributed by atoms with E-state index in [4.69, 9.17) is 0 Å². The largest absolute Gasteiger partial charge is 0.347 e. The van der Waals surface area contributed by atoms with Gasteiger partial charge in [0, 0.05) is 18.3 Å². The van der Waals surface area contributed by atoms with Crippen molar-refractivity contribution in [2.24, 2.45) is 0 Å². The topological polar surface area (TPSA) is 92.3 Å². The van der Waals surface area contributed by atoms with Crippen LogP contribution in [0.15, 0.2) is 36.4 Å². The summed E-state index contributed by atoms with van der Waals surface area (Å²) >= 11 is 0. The smallest absolute Gasteiger partial charge is 0.272 e. The van der Waals surface area contributed by atoms with E-state index in [9.17, 15) is 13.2 Å². The number of nitrogens with zero attached hydrogens (tertiary/aromatic N) is 3. The van der Waals surface area contributed by atoms with E-state index in [1.165, 1.54) is 0 Å². The van der Waals surface area contributed by atoms with Gasteiger partial charge in [-0.3, -0.25) is 4.79 Å². The molecule has 1 aromatic heterocycles. The summed E-state index contributed by atoms with van der Waals surface area (Å²) in [5, 5.41) is 10.9. The minimum absolute atomic E-state index is 0.0127. The fourth-order valence-electron chi connectivity index (χ4n) is 3.03. The molecule has 1 amide bonds. The first-order valence-corrected chi connectivity index (χ1v) is 10.4. The van der Waals surface area contributed by atoms with Crippen LogP contribution in [0.3, 0.4) is 0 Å². The number of amides is 1. The van der Waals surface area contributed by atoms with Gasteiger partial charge in [0.1, 0.15) is 0 Å². The molecular formula is C18H22N4O3S. The maximum atomic E-state index is 12.3. The molecule has 1 atom stereocenters. The standard InChI is InChI=1S/C18H22N4O3S/c1-3-22(15-6-4-5-13(2)11-15)17-8-7-16(20-21-17)18(23)19-14-9-10-26(24,25)12-14/h4-8,11,14H,3,9-10,12H2,1-2H3,(H,19,23). The number of sulfone groups is 1. The first-order chi connectivity index (χ1) is 12.4. The first kappa shape index (κ1) is 18.3. The third-order valence-corrected chi connectivity index (χ3v) is 6.12. The van der Waals surface area contributed by atoms with Crippen LogP contribution < -0.4 is 10.2 Å². The molecule has 2 heterocycles. The zero-order chi connectivity index (χ0) is 18.7. The molecule has 2 aromatic rings. The number of rotatable bonds is 5. The van der Waals surface area contributed by atoms with Gasteiger partial charge < -0.3 is 10.2 Å². The molecule has 0 aliphatic carbocycles. The zero-order valence-electron chi connectivity index (χ0n) is 14.8. The molecule has 1 fully saturated rings. The first-order valence-electron chi connectivity index (χ1n) is 8.57. The monoisotopic (exact) mass is 374 g/mol. The van der Waals surface area contributed by atoms with Gasteiger partial charge in [0.05, 0.1) is 11.5 Å². The van der Waals surface area contributed by atoms with Gasteiger partial charge in [-0.1, -0.05) is 12.1 Å². The third-order valence-electron chi connectivity index (χ3n) is 4.36. The summed E-state index contributed by atoms with van der Waals surface area (Å²) in [6.07, 6.45) is 0.441. The lowest BCUT2D eigenvalue weighted by atomic mass is 10.2. The average molecular weight is 374 g/mol. The Balaban J connectivity index is 1.72. The highest BCUT2D eigenvalue weighted by Gasteiger charge is 2.29. The van der Waals surface area contributed by atoms with Crippen molar-refractivity contribution in [1.29, 1.82) is 0 Å². The van der Waals surface area contributed by atoms with Crippen molar-refractivity contribution in [2.45, 2.75) is 26.3 Å². The molecule has 1 aliphatic rings. The predicted molar refractivity (Wildman–Crippen MR) is 100 cm³/mol. The second kappa shape index (κ2) is 7.41. The van der Waals surface area contributed by atoms with Crippen molar-refractivity contribution in [1.82, 2.24) is 15.5 Å². The number of hydrogen-bond acceptors (Lipinski definition) is 6. The van der Waals surface area contributed by atoms with Crippen molar-refractivity contribution >= 4 is 27.2 Å². The lowest BCUT2D eigenvalue weighted by Crippen LogP contribution is -2.36. The number of benzene rings is 1. The van der Waals surface area contributed by atoms with Gasteiger partial charge in [-0.05, 0) is 50.1 Å².